The van der Waals surface area contributed by atoms with Crippen molar-refractivity contribution < 1.29 is 0 Å². The van der Waals surface area contributed by atoms with E-state index in [9.17, 15) is 0 Å². The van der Waals surface area contributed by atoms with Crippen LogP contribution in [-0.2, 0) is 19.5 Å². The fourth-order valence-corrected chi connectivity index (χ4v) is 4.98. The molecule has 2 aliphatic heterocycles. The number of rotatable bonds is 2. The number of aryl methyl sites for hydroxylation is 1. The third kappa shape index (κ3) is 1.69. The Kier molecular flexibility index (Phi) is 2.50. The van der Waals surface area contributed by atoms with Crippen LogP contribution in [-0.4, -0.2) is 28.3 Å². The van der Waals surface area contributed by atoms with E-state index >= 15 is 0 Å². The molecular weight excluding hydrogens is 264 g/mol. The van der Waals surface area contributed by atoms with Gasteiger partial charge >= 0.3 is 0 Å². The summed E-state index contributed by atoms with van der Waals surface area (Å²) in [5, 5.41) is 1.53. The zero-order valence-corrected chi connectivity index (χ0v) is 12.6. The Balaban J connectivity index is 1.63. The van der Waals surface area contributed by atoms with E-state index in [1.54, 1.807) is 11.3 Å². The van der Waals surface area contributed by atoms with Crippen molar-refractivity contribution in [1.29, 1.82) is 0 Å². The maximum Gasteiger partial charge on any atom is 0.0624 e. The quantitative estimate of drug-likeness (QED) is 0.834. The van der Waals surface area contributed by atoms with Gasteiger partial charge in [0, 0.05) is 54.3 Å². The van der Waals surface area contributed by atoms with Gasteiger partial charge in [0.2, 0.25) is 0 Å². The number of para-hydroxylation sites is 1. The normalized spacial score (nSPS) is 22.2. The van der Waals surface area contributed by atoms with E-state index in [-0.39, 0.29) is 0 Å². The Morgan fingerprint density at radius 2 is 2.15 bits per heavy atom. The lowest BCUT2D eigenvalue weighted by Gasteiger charge is -2.28. The van der Waals surface area contributed by atoms with Gasteiger partial charge in [0.25, 0.3) is 0 Å². The lowest BCUT2D eigenvalue weighted by molar-refractivity contribution is 0.242. The van der Waals surface area contributed by atoms with Crippen LogP contribution in [0.1, 0.15) is 24.1 Å². The second kappa shape index (κ2) is 4.28. The molecule has 1 aromatic carbocycles. The average molecular weight is 284 g/mol. The second-order valence-electron chi connectivity index (χ2n) is 6.51. The fourth-order valence-electron chi connectivity index (χ4n) is 3.96. The number of aromatic nitrogens is 1. The van der Waals surface area contributed by atoms with Gasteiger partial charge in [-0.2, -0.15) is 0 Å². The first-order chi connectivity index (χ1) is 9.90. The summed E-state index contributed by atoms with van der Waals surface area (Å²) in [7, 11) is 0. The van der Waals surface area contributed by atoms with Crippen molar-refractivity contribution in [3.8, 4) is 0 Å². The molecule has 104 valence electrons. The maximum absolute atomic E-state index is 2.70. The highest BCUT2D eigenvalue weighted by Gasteiger charge is 2.30. The van der Waals surface area contributed by atoms with Gasteiger partial charge in [-0.05, 0) is 30.4 Å². The molecular formula is C17H20N2S. The number of fused-ring (bicyclic) bond motifs is 3. The Morgan fingerprint density at radius 1 is 1.20 bits per heavy atom. The molecule has 0 atom stereocenters. The van der Waals surface area contributed by atoms with Crippen molar-refractivity contribution in [2.75, 3.05) is 18.8 Å². The summed E-state index contributed by atoms with van der Waals surface area (Å²) in [5.41, 5.74) is 4.80. The zero-order chi connectivity index (χ0) is 13.1. The van der Waals surface area contributed by atoms with E-state index in [0.29, 0.717) is 0 Å². The first kappa shape index (κ1) is 11.7. The molecule has 0 bridgehead atoms. The molecule has 20 heavy (non-hydrogen) atoms. The van der Waals surface area contributed by atoms with E-state index in [1.165, 1.54) is 67.0 Å². The highest BCUT2D eigenvalue weighted by Crippen LogP contribution is 2.40. The topological polar surface area (TPSA) is 8.17 Å². The Morgan fingerprint density at radius 3 is 3.05 bits per heavy atom. The minimum absolute atomic E-state index is 1.01. The van der Waals surface area contributed by atoms with Crippen molar-refractivity contribution in [1.82, 2.24) is 9.47 Å². The van der Waals surface area contributed by atoms with Gasteiger partial charge in [0.1, 0.15) is 0 Å². The predicted molar refractivity (Wildman–Crippen MR) is 84.4 cm³/mol. The van der Waals surface area contributed by atoms with Crippen LogP contribution in [0.15, 0.2) is 23.1 Å². The van der Waals surface area contributed by atoms with E-state index < -0.39 is 0 Å². The fraction of sp³-hybridized carbons (Fsp3) is 0.529. The van der Waals surface area contributed by atoms with Crippen molar-refractivity contribution in [3.63, 3.8) is 0 Å². The van der Waals surface area contributed by atoms with E-state index in [2.05, 4.69) is 27.7 Å². The Labute approximate surface area is 124 Å². The van der Waals surface area contributed by atoms with Crippen molar-refractivity contribution in [3.05, 3.63) is 29.5 Å². The van der Waals surface area contributed by atoms with Gasteiger partial charge in [0.15, 0.2) is 0 Å². The molecule has 1 saturated carbocycles. The molecule has 3 heterocycles. The Hall–Kier alpha value is -0.930. The number of hydrogen-bond acceptors (Lipinski definition) is 2. The van der Waals surface area contributed by atoms with Crippen molar-refractivity contribution in [2.24, 2.45) is 5.92 Å². The monoisotopic (exact) mass is 284 g/mol. The summed E-state index contributed by atoms with van der Waals surface area (Å²) in [5.74, 6) is 2.24. The molecule has 0 unspecified atom stereocenters. The lowest BCUT2D eigenvalue weighted by atomic mass is 10.0. The summed E-state index contributed by atoms with van der Waals surface area (Å²) < 4.78 is 2.63. The minimum Gasteiger partial charge on any atom is -0.342 e. The van der Waals surface area contributed by atoms with E-state index in [4.69, 9.17) is 0 Å². The molecule has 3 aliphatic rings. The zero-order valence-electron chi connectivity index (χ0n) is 11.8. The highest BCUT2D eigenvalue weighted by molar-refractivity contribution is 7.99. The molecule has 1 fully saturated rings. The molecule has 1 aliphatic carbocycles. The van der Waals surface area contributed by atoms with Gasteiger partial charge in [0.05, 0.1) is 5.52 Å². The summed E-state index contributed by atoms with van der Waals surface area (Å²) in [4.78, 5) is 4.19. The highest BCUT2D eigenvalue weighted by atomic mass is 32.2. The number of benzene rings is 1. The van der Waals surface area contributed by atoms with Crippen molar-refractivity contribution in [2.45, 2.75) is 37.2 Å². The van der Waals surface area contributed by atoms with Gasteiger partial charge in [-0.25, -0.2) is 0 Å². The second-order valence-corrected chi connectivity index (χ2v) is 7.64. The molecule has 0 radical (unpaired) electrons. The van der Waals surface area contributed by atoms with Gasteiger partial charge in [-0.3, -0.25) is 4.90 Å². The molecule has 0 spiro atoms. The van der Waals surface area contributed by atoms with Crippen LogP contribution in [0.2, 0.25) is 0 Å². The summed E-state index contributed by atoms with van der Waals surface area (Å²) in [6.45, 7) is 4.99. The van der Waals surface area contributed by atoms with Crippen LogP contribution in [0.4, 0.5) is 0 Å². The molecule has 5 rings (SSSR count). The largest absolute Gasteiger partial charge is 0.342 e. The number of nitrogens with zero attached hydrogens (tertiary/aromatic N) is 2. The van der Waals surface area contributed by atoms with Gasteiger partial charge < -0.3 is 4.57 Å². The van der Waals surface area contributed by atoms with E-state index in [1.807, 2.05) is 11.8 Å². The van der Waals surface area contributed by atoms with Crippen LogP contribution < -0.4 is 0 Å². The predicted octanol–water partition coefficient (Wildman–Crippen LogP) is 3.52. The third-order valence-electron chi connectivity index (χ3n) is 5.10. The van der Waals surface area contributed by atoms with Crippen LogP contribution in [0, 0.1) is 5.92 Å². The van der Waals surface area contributed by atoms with Crippen LogP contribution in [0.25, 0.3) is 10.9 Å². The lowest BCUT2D eigenvalue weighted by Crippen LogP contribution is -2.32. The first-order valence-corrected chi connectivity index (χ1v) is 8.87. The van der Waals surface area contributed by atoms with Crippen LogP contribution in [0.5, 0.6) is 0 Å². The third-order valence-corrected chi connectivity index (χ3v) is 6.13. The number of hydrogen-bond donors (Lipinski definition) is 0. The summed E-state index contributed by atoms with van der Waals surface area (Å²) in [6.07, 6.45) is 4.18. The Bertz CT molecular complexity index is 684. The van der Waals surface area contributed by atoms with E-state index in [0.717, 1.165) is 5.92 Å². The SMILES string of the molecule is c1cc2c3c(c1)c1c(n3CCS2)CCN(CC2CC2)C1. The van der Waals surface area contributed by atoms with Gasteiger partial charge in [-0.1, -0.05) is 12.1 Å². The molecule has 2 aromatic rings. The molecule has 0 amide bonds. The van der Waals surface area contributed by atoms with Crippen molar-refractivity contribution >= 4 is 22.7 Å². The first-order valence-electron chi connectivity index (χ1n) is 7.88. The molecule has 0 saturated heterocycles. The van der Waals surface area contributed by atoms with Crippen LogP contribution >= 0.6 is 11.8 Å². The van der Waals surface area contributed by atoms with Crippen LogP contribution in [0.3, 0.4) is 0 Å². The summed E-state index contributed by atoms with van der Waals surface area (Å²) >= 11 is 2.03. The minimum atomic E-state index is 1.01. The molecule has 1 aromatic heterocycles. The molecule has 3 heteroatoms. The number of thioether (sulfide) groups is 1. The maximum atomic E-state index is 2.70. The molecule has 0 N–H and O–H groups in total. The standard InChI is InChI=1S/C17H20N2S/c1-2-13-14-11-18(10-12-4-5-12)7-6-15(14)19-8-9-20-16(3-1)17(13)19/h1-3,12H,4-11H2. The van der Waals surface area contributed by atoms with Gasteiger partial charge in [-0.15, -0.1) is 11.8 Å². The summed E-state index contributed by atoms with van der Waals surface area (Å²) in [6, 6.07) is 6.90. The smallest absolute Gasteiger partial charge is 0.0624 e. The average Bonchev–Trinajstić information content (AvgIpc) is 3.24. The molecule has 2 nitrogen and oxygen atoms in total.